The Kier molecular flexibility index (Phi) is 2.16. The molecule has 0 saturated heterocycles. The molecule has 4 heteroatoms. The molecule has 2 rings (SSSR count). The van der Waals surface area contributed by atoms with E-state index in [0.717, 1.165) is 16.3 Å². The molecule has 1 aromatic heterocycles. The molecule has 0 fully saturated rings. The van der Waals surface area contributed by atoms with Crippen molar-refractivity contribution in [1.82, 2.24) is 10.2 Å². The van der Waals surface area contributed by atoms with E-state index >= 15 is 0 Å². The van der Waals surface area contributed by atoms with Gasteiger partial charge in [-0.05, 0) is 5.56 Å². The SMILES string of the molecule is NOCc1cccc2cnncc12. The van der Waals surface area contributed by atoms with Gasteiger partial charge in [0.05, 0.1) is 19.0 Å². The van der Waals surface area contributed by atoms with Gasteiger partial charge in [-0.25, -0.2) is 5.90 Å². The summed E-state index contributed by atoms with van der Waals surface area (Å²) in [6.07, 6.45) is 3.43. The van der Waals surface area contributed by atoms with E-state index in [1.807, 2.05) is 18.2 Å². The maximum Gasteiger partial charge on any atom is 0.0936 e. The van der Waals surface area contributed by atoms with Gasteiger partial charge in [0.15, 0.2) is 0 Å². The molecule has 4 nitrogen and oxygen atoms in total. The number of nitrogens with zero attached hydrogens (tertiary/aromatic N) is 2. The molecule has 0 aliphatic heterocycles. The van der Waals surface area contributed by atoms with Gasteiger partial charge in [-0.1, -0.05) is 18.2 Å². The Morgan fingerprint density at radius 2 is 2.08 bits per heavy atom. The highest BCUT2D eigenvalue weighted by Crippen LogP contribution is 2.16. The lowest BCUT2D eigenvalue weighted by molar-refractivity contribution is 0.125. The van der Waals surface area contributed by atoms with E-state index in [2.05, 4.69) is 15.0 Å². The molecule has 0 atom stereocenters. The number of fused-ring (bicyclic) bond motifs is 1. The van der Waals surface area contributed by atoms with Crippen LogP contribution in [0, 0.1) is 0 Å². The number of nitrogens with two attached hydrogens (primary N) is 1. The summed E-state index contributed by atoms with van der Waals surface area (Å²) < 4.78 is 0. The minimum atomic E-state index is 0.392. The van der Waals surface area contributed by atoms with Crippen LogP contribution in [0.4, 0.5) is 0 Å². The van der Waals surface area contributed by atoms with Gasteiger partial charge in [0.1, 0.15) is 0 Å². The maximum atomic E-state index is 5.02. The first-order valence-corrected chi connectivity index (χ1v) is 3.92. The molecule has 0 unspecified atom stereocenters. The Morgan fingerprint density at radius 3 is 2.92 bits per heavy atom. The number of aromatic nitrogens is 2. The van der Waals surface area contributed by atoms with Gasteiger partial charge in [0.2, 0.25) is 0 Å². The van der Waals surface area contributed by atoms with E-state index in [1.165, 1.54) is 0 Å². The number of rotatable bonds is 2. The van der Waals surface area contributed by atoms with E-state index in [0.29, 0.717) is 6.61 Å². The Morgan fingerprint density at radius 1 is 1.23 bits per heavy atom. The van der Waals surface area contributed by atoms with E-state index in [9.17, 15) is 0 Å². The highest BCUT2D eigenvalue weighted by atomic mass is 16.6. The average molecular weight is 175 g/mol. The molecule has 0 aliphatic carbocycles. The minimum Gasteiger partial charge on any atom is -0.300 e. The third-order valence-corrected chi connectivity index (χ3v) is 1.92. The summed E-state index contributed by atoms with van der Waals surface area (Å²) in [5, 5.41) is 9.68. The van der Waals surface area contributed by atoms with Crippen molar-refractivity contribution in [2.45, 2.75) is 6.61 Å². The highest BCUT2D eigenvalue weighted by molar-refractivity contribution is 5.83. The largest absolute Gasteiger partial charge is 0.300 e. The summed E-state index contributed by atoms with van der Waals surface area (Å²) in [4.78, 5) is 4.59. The molecule has 13 heavy (non-hydrogen) atoms. The Labute approximate surface area is 75.3 Å². The van der Waals surface area contributed by atoms with Crippen LogP contribution in [0.25, 0.3) is 10.8 Å². The van der Waals surface area contributed by atoms with Gasteiger partial charge in [-0.3, -0.25) is 4.84 Å². The number of hydrogen-bond donors (Lipinski definition) is 1. The van der Waals surface area contributed by atoms with Crippen molar-refractivity contribution in [1.29, 1.82) is 0 Å². The molecule has 66 valence electrons. The van der Waals surface area contributed by atoms with Crippen LogP contribution in [0.5, 0.6) is 0 Å². The zero-order chi connectivity index (χ0) is 9.10. The second-order valence-electron chi connectivity index (χ2n) is 2.72. The third kappa shape index (κ3) is 1.49. The van der Waals surface area contributed by atoms with Crippen LogP contribution in [0.15, 0.2) is 30.6 Å². The zero-order valence-electron chi connectivity index (χ0n) is 6.97. The maximum absolute atomic E-state index is 5.02. The smallest absolute Gasteiger partial charge is 0.0936 e. The van der Waals surface area contributed by atoms with Crippen molar-refractivity contribution >= 4 is 10.8 Å². The van der Waals surface area contributed by atoms with Crippen LogP contribution in [0.2, 0.25) is 0 Å². The molecule has 1 aromatic carbocycles. The lowest BCUT2D eigenvalue weighted by Gasteiger charge is -2.02. The van der Waals surface area contributed by atoms with Crippen molar-refractivity contribution in [3.8, 4) is 0 Å². The summed E-state index contributed by atoms with van der Waals surface area (Å²) in [6.45, 7) is 0.392. The van der Waals surface area contributed by atoms with Crippen LogP contribution >= 0.6 is 0 Å². The van der Waals surface area contributed by atoms with Gasteiger partial charge in [-0.2, -0.15) is 10.2 Å². The van der Waals surface area contributed by atoms with E-state index in [-0.39, 0.29) is 0 Å². The Hall–Kier alpha value is -1.52. The summed E-state index contributed by atoms with van der Waals surface area (Å²) in [5.41, 5.74) is 1.02. The molecule has 0 amide bonds. The van der Waals surface area contributed by atoms with Crippen molar-refractivity contribution in [3.63, 3.8) is 0 Å². The zero-order valence-corrected chi connectivity index (χ0v) is 6.97. The third-order valence-electron chi connectivity index (χ3n) is 1.92. The standard InChI is InChI=1S/C9H9N3O/c10-13-6-8-3-1-2-7-4-11-12-5-9(7)8/h1-5H,6,10H2. The van der Waals surface area contributed by atoms with Crippen LogP contribution in [0.3, 0.4) is 0 Å². The van der Waals surface area contributed by atoms with Gasteiger partial charge in [0, 0.05) is 10.8 Å². The number of benzene rings is 1. The van der Waals surface area contributed by atoms with Crippen LogP contribution < -0.4 is 5.90 Å². The fraction of sp³-hybridized carbons (Fsp3) is 0.111. The molecule has 0 radical (unpaired) electrons. The fourth-order valence-electron chi connectivity index (χ4n) is 1.31. The fourth-order valence-corrected chi connectivity index (χ4v) is 1.31. The first-order valence-electron chi connectivity index (χ1n) is 3.92. The van der Waals surface area contributed by atoms with Crippen molar-refractivity contribution < 1.29 is 4.84 Å². The van der Waals surface area contributed by atoms with E-state index in [1.54, 1.807) is 12.4 Å². The molecule has 0 aliphatic rings. The number of hydrogen-bond acceptors (Lipinski definition) is 4. The summed E-state index contributed by atoms with van der Waals surface area (Å²) in [7, 11) is 0. The molecule has 2 N–H and O–H groups in total. The Balaban J connectivity index is 2.61. The van der Waals surface area contributed by atoms with E-state index in [4.69, 9.17) is 5.90 Å². The quantitative estimate of drug-likeness (QED) is 0.692. The van der Waals surface area contributed by atoms with Gasteiger partial charge in [0.25, 0.3) is 0 Å². The molecule has 0 spiro atoms. The van der Waals surface area contributed by atoms with Crippen LogP contribution in [-0.2, 0) is 11.4 Å². The van der Waals surface area contributed by atoms with Crippen LogP contribution in [0.1, 0.15) is 5.56 Å². The second-order valence-corrected chi connectivity index (χ2v) is 2.72. The Bertz CT molecular complexity index is 411. The van der Waals surface area contributed by atoms with Crippen molar-refractivity contribution in [2.75, 3.05) is 0 Å². The monoisotopic (exact) mass is 175 g/mol. The summed E-state index contributed by atoms with van der Waals surface area (Å²) >= 11 is 0. The van der Waals surface area contributed by atoms with Crippen LogP contribution in [-0.4, -0.2) is 10.2 Å². The normalized spacial score (nSPS) is 10.5. The van der Waals surface area contributed by atoms with Gasteiger partial charge in [-0.15, -0.1) is 0 Å². The molecule has 0 bridgehead atoms. The van der Waals surface area contributed by atoms with Gasteiger partial charge >= 0.3 is 0 Å². The highest BCUT2D eigenvalue weighted by Gasteiger charge is 1.99. The van der Waals surface area contributed by atoms with Crippen molar-refractivity contribution in [3.05, 3.63) is 36.2 Å². The van der Waals surface area contributed by atoms with Crippen molar-refractivity contribution in [2.24, 2.45) is 5.90 Å². The molecular weight excluding hydrogens is 166 g/mol. The second kappa shape index (κ2) is 3.47. The molecule has 1 heterocycles. The molecule has 2 aromatic rings. The molecule has 0 saturated carbocycles. The average Bonchev–Trinajstić information content (AvgIpc) is 2.19. The topological polar surface area (TPSA) is 61.0 Å². The first-order chi connectivity index (χ1) is 6.42. The predicted octanol–water partition coefficient (Wildman–Crippen LogP) is 1.02. The lowest BCUT2D eigenvalue weighted by atomic mass is 10.1. The summed E-state index contributed by atoms with van der Waals surface area (Å²) in [6, 6.07) is 5.87. The first kappa shape index (κ1) is 8.10. The van der Waals surface area contributed by atoms with Gasteiger partial charge < -0.3 is 0 Å². The lowest BCUT2D eigenvalue weighted by Crippen LogP contribution is -1.99. The summed E-state index contributed by atoms with van der Waals surface area (Å²) in [5.74, 6) is 5.02. The van der Waals surface area contributed by atoms with E-state index < -0.39 is 0 Å². The predicted molar refractivity (Wildman–Crippen MR) is 48.5 cm³/mol. The minimum absolute atomic E-state index is 0.392. The molecular formula is C9H9N3O.